The van der Waals surface area contributed by atoms with Gasteiger partial charge in [0.2, 0.25) is 0 Å². The van der Waals surface area contributed by atoms with Crippen molar-refractivity contribution in [2.45, 2.75) is 17.7 Å². The highest BCUT2D eigenvalue weighted by Gasteiger charge is 2.30. The number of hydrogen-bond donors (Lipinski definition) is 0. The minimum absolute atomic E-state index is 0.285. The topological polar surface area (TPSA) is 34.1 Å². The molecular weight excluding hydrogens is 288 g/mol. The third-order valence-corrected chi connectivity index (χ3v) is 5.33. The molecule has 0 saturated heterocycles. The summed E-state index contributed by atoms with van der Waals surface area (Å²) in [5.41, 5.74) is 2.67. The molecule has 88 valence electrons. The Morgan fingerprint density at radius 3 is 2.69 bits per heavy atom. The first-order valence-electron chi connectivity index (χ1n) is 5.37. The van der Waals surface area contributed by atoms with Crippen LogP contribution in [0.15, 0.2) is 24.3 Å². The summed E-state index contributed by atoms with van der Waals surface area (Å²) in [5, 5.41) is 0. The first-order chi connectivity index (χ1) is 7.47. The fourth-order valence-corrected chi connectivity index (χ4v) is 3.87. The highest BCUT2D eigenvalue weighted by Crippen LogP contribution is 2.43. The van der Waals surface area contributed by atoms with Gasteiger partial charge in [-0.15, -0.1) is 0 Å². The van der Waals surface area contributed by atoms with Crippen LogP contribution < -0.4 is 0 Å². The lowest BCUT2D eigenvalue weighted by Crippen LogP contribution is -2.11. The Hall–Kier alpha value is -0.350. The maximum atomic E-state index is 11.2. The van der Waals surface area contributed by atoms with Crippen LogP contribution in [-0.4, -0.2) is 20.4 Å². The molecule has 0 amide bonds. The third-order valence-electron chi connectivity index (χ3n) is 3.11. The van der Waals surface area contributed by atoms with E-state index in [1.807, 2.05) is 12.1 Å². The molecule has 2 nitrogen and oxygen atoms in total. The largest absolute Gasteiger partial charge is 0.229 e. The van der Waals surface area contributed by atoms with Crippen molar-refractivity contribution in [2.24, 2.45) is 5.92 Å². The highest BCUT2D eigenvalue weighted by atomic mass is 79.9. The van der Waals surface area contributed by atoms with Gasteiger partial charge in [-0.3, -0.25) is 0 Å². The van der Waals surface area contributed by atoms with Gasteiger partial charge in [-0.2, -0.15) is 0 Å². The molecule has 1 aromatic rings. The van der Waals surface area contributed by atoms with Crippen molar-refractivity contribution >= 4 is 25.8 Å². The number of rotatable bonds is 3. The molecule has 1 aromatic carbocycles. The quantitative estimate of drug-likeness (QED) is 0.805. The highest BCUT2D eigenvalue weighted by molar-refractivity contribution is 9.09. The normalized spacial score (nSPS) is 24.4. The minimum atomic E-state index is -2.84. The second kappa shape index (κ2) is 4.49. The summed E-state index contributed by atoms with van der Waals surface area (Å²) in [4.78, 5) is 0.311. The van der Waals surface area contributed by atoms with Crippen molar-refractivity contribution in [2.75, 3.05) is 12.0 Å². The van der Waals surface area contributed by atoms with Gasteiger partial charge in [0, 0.05) is 11.1 Å². The average Bonchev–Trinajstić information content (AvgIpc) is 2.53. The predicted octanol–water partition coefficient (Wildman–Crippen LogP) is 2.73. The van der Waals surface area contributed by atoms with E-state index in [-0.39, 0.29) is 5.75 Å². The molecular formula is C12H15BrO2S. The summed E-state index contributed by atoms with van der Waals surface area (Å²) in [7, 11) is -2.84. The van der Waals surface area contributed by atoms with Crippen LogP contribution in [0.2, 0.25) is 0 Å². The van der Waals surface area contributed by atoms with Gasteiger partial charge in [-0.25, -0.2) is 8.42 Å². The molecule has 1 aliphatic carbocycles. The van der Waals surface area contributed by atoms with Gasteiger partial charge in [-0.05, 0) is 29.9 Å². The predicted molar refractivity (Wildman–Crippen MR) is 69.6 cm³/mol. The Balaban J connectivity index is 2.07. The number of sulfone groups is 1. The monoisotopic (exact) mass is 302 g/mol. The Morgan fingerprint density at radius 2 is 2.06 bits per heavy atom. The zero-order chi connectivity index (χ0) is 11.8. The Kier molecular flexibility index (Phi) is 3.40. The van der Waals surface area contributed by atoms with E-state index >= 15 is 0 Å². The minimum Gasteiger partial charge on any atom is -0.229 e. The van der Waals surface area contributed by atoms with E-state index in [0.29, 0.717) is 10.7 Å². The molecule has 2 rings (SSSR count). The van der Waals surface area contributed by atoms with E-state index < -0.39 is 9.84 Å². The van der Waals surface area contributed by atoms with Gasteiger partial charge in [0.15, 0.2) is 0 Å². The molecule has 16 heavy (non-hydrogen) atoms. The second-order valence-corrected chi connectivity index (χ2v) is 7.73. The van der Waals surface area contributed by atoms with E-state index in [9.17, 15) is 8.42 Å². The molecule has 1 aliphatic rings. The molecule has 0 bridgehead atoms. The number of hydrogen-bond acceptors (Lipinski definition) is 2. The zero-order valence-electron chi connectivity index (χ0n) is 9.19. The summed E-state index contributed by atoms with van der Waals surface area (Å²) in [6, 6.07) is 8.32. The van der Waals surface area contributed by atoms with E-state index in [4.69, 9.17) is 0 Å². The molecule has 2 unspecified atom stereocenters. The number of halogens is 1. The average molecular weight is 303 g/mol. The molecule has 0 spiro atoms. The summed E-state index contributed by atoms with van der Waals surface area (Å²) in [6.45, 7) is 0. The number of benzene rings is 1. The van der Waals surface area contributed by atoms with Crippen molar-refractivity contribution in [1.29, 1.82) is 0 Å². The van der Waals surface area contributed by atoms with Crippen molar-refractivity contribution in [3.05, 3.63) is 35.4 Å². The molecule has 0 N–H and O–H groups in total. The van der Waals surface area contributed by atoms with Gasteiger partial charge in [0.05, 0.1) is 5.75 Å². The van der Waals surface area contributed by atoms with Crippen LogP contribution in [0.1, 0.15) is 22.4 Å². The van der Waals surface area contributed by atoms with E-state index in [2.05, 4.69) is 28.1 Å². The fraction of sp³-hybridized carbons (Fsp3) is 0.500. The van der Waals surface area contributed by atoms with Crippen molar-refractivity contribution in [3.63, 3.8) is 0 Å². The van der Waals surface area contributed by atoms with Gasteiger partial charge in [-0.1, -0.05) is 40.2 Å². The first kappa shape index (κ1) is 12.1. The summed E-state index contributed by atoms with van der Waals surface area (Å²) in [6.07, 6.45) is 3.03. The Labute approximate surface area is 105 Å². The number of alkyl halides is 1. The molecule has 0 fully saturated rings. The van der Waals surface area contributed by atoms with Gasteiger partial charge in [0.1, 0.15) is 9.84 Å². The van der Waals surface area contributed by atoms with Crippen LogP contribution in [0.25, 0.3) is 0 Å². The number of fused-ring (bicyclic) bond motifs is 1. The van der Waals surface area contributed by atoms with Crippen LogP contribution in [0.5, 0.6) is 0 Å². The van der Waals surface area contributed by atoms with Crippen LogP contribution in [0, 0.1) is 5.92 Å². The summed E-state index contributed by atoms with van der Waals surface area (Å²) in [5.74, 6) is 0.695. The lowest BCUT2D eigenvalue weighted by Gasteiger charge is -2.13. The van der Waals surface area contributed by atoms with E-state index in [1.165, 1.54) is 17.4 Å². The van der Waals surface area contributed by atoms with Crippen LogP contribution in [0.4, 0.5) is 0 Å². The maximum absolute atomic E-state index is 11.2. The third kappa shape index (κ3) is 2.66. The van der Waals surface area contributed by atoms with E-state index in [0.717, 1.165) is 12.8 Å². The SMILES string of the molecule is CS(=O)(=O)CCC1Cc2ccccc2C1Br. The van der Waals surface area contributed by atoms with Crippen LogP contribution >= 0.6 is 15.9 Å². The summed E-state index contributed by atoms with van der Waals surface area (Å²) < 4.78 is 22.3. The van der Waals surface area contributed by atoms with Crippen molar-refractivity contribution in [3.8, 4) is 0 Å². The molecule has 0 saturated carbocycles. The van der Waals surface area contributed by atoms with Gasteiger partial charge >= 0.3 is 0 Å². The molecule has 0 aromatic heterocycles. The fourth-order valence-electron chi connectivity index (χ4n) is 2.24. The second-order valence-electron chi connectivity index (χ2n) is 4.48. The van der Waals surface area contributed by atoms with Gasteiger partial charge < -0.3 is 0 Å². The molecule has 0 radical (unpaired) electrons. The standard InChI is InChI=1S/C12H15BrO2S/c1-16(14,15)7-6-10-8-9-4-2-3-5-11(9)12(10)13/h2-5,10,12H,6-8H2,1H3. The smallest absolute Gasteiger partial charge is 0.147 e. The van der Waals surface area contributed by atoms with Gasteiger partial charge in [0.25, 0.3) is 0 Å². The molecule has 2 atom stereocenters. The lowest BCUT2D eigenvalue weighted by molar-refractivity contribution is 0.529. The lowest BCUT2D eigenvalue weighted by atomic mass is 10.0. The van der Waals surface area contributed by atoms with Crippen molar-refractivity contribution in [1.82, 2.24) is 0 Å². The van der Waals surface area contributed by atoms with Crippen LogP contribution in [0.3, 0.4) is 0 Å². The molecule has 0 heterocycles. The van der Waals surface area contributed by atoms with Crippen LogP contribution in [-0.2, 0) is 16.3 Å². The zero-order valence-corrected chi connectivity index (χ0v) is 11.6. The summed E-state index contributed by atoms with van der Waals surface area (Å²) >= 11 is 3.68. The first-order valence-corrected chi connectivity index (χ1v) is 8.34. The van der Waals surface area contributed by atoms with E-state index in [1.54, 1.807) is 0 Å². The molecule has 4 heteroatoms. The molecule has 0 aliphatic heterocycles. The maximum Gasteiger partial charge on any atom is 0.147 e. The Bertz CT molecular complexity index is 482. The van der Waals surface area contributed by atoms with Crippen molar-refractivity contribution < 1.29 is 8.42 Å². The Morgan fingerprint density at radius 1 is 1.38 bits per heavy atom.